The highest BCUT2D eigenvalue weighted by Gasteiger charge is 2.27. The number of sulfonamides is 1. The molecule has 0 bridgehead atoms. The molecule has 0 amide bonds. The Balaban J connectivity index is 3.21. The lowest BCUT2D eigenvalue weighted by Gasteiger charge is -2.22. The minimum absolute atomic E-state index is 0.0146. The van der Waals surface area contributed by atoms with Gasteiger partial charge in [0, 0.05) is 6.54 Å². The van der Waals surface area contributed by atoms with Crippen LogP contribution in [0, 0.1) is 5.92 Å². The molecule has 0 spiro atoms. The van der Waals surface area contributed by atoms with Gasteiger partial charge in [-0.05, 0) is 40.0 Å². The highest BCUT2D eigenvalue weighted by molar-refractivity contribution is 9.10. The van der Waals surface area contributed by atoms with E-state index in [1.54, 1.807) is 0 Å². The van der Waals surface area contributed by atoms with Crippen molar-refractivity contribution in [2.24, 2.45) is 5.92 Å². The number of carbonyl (C=O) groups is 1. The number of hydrogen-bond donors (Lipinski definition) is 1. The average Bonchev–Trinajstić information content (AvgIpc) is 2.36. The SMILES string of the molecule is COc1ccc(S(=O)(=O)N(CC(=O)O)CC(C)C)cc1Br. The van der Waals surface area contributed by atoms with Gasteiger partial charge in [-0.15, -0.1) is 0 Å². The van der Waals surface area contributed by atoms with E-state index in [9.17, 15) is 13.2 Å². The van der Waals surface area contributed by atoms with E-state index in [4.69, 9.17) is 9.84 Å². The zero-order valence-corrected chi connectivity index (χ0v) is 14.4. The molecule has 0 aromatic heterocycles. The van der Waals surface area contributed by atoms with E-state index < -0.39 is 22.5 Å². The third kappa shape index (κ3) is 4.69. The Morgan fingerprint density at radius 2 is 2.05 bits per heavy atom. The largest absolute Gasteiger partial charge is 0.496 e. The van der Waals surface area contributed by atoms with Crippen LogP contribution in [-0.2, 0) is 14.8 Å². The molecule has 6 nitrogen and oxygen atoms in total. The summed E-state index contributed by atoms with van der Waals surface area (Å²) in [6.07, 6.45) is 0. The third-order valence-electron chi connectivity index (χ3n) is 2.64. The molecule has 0 atom stereocenters. The van der Waals surface area contributed by atoms with Crippen LogP contribution in [0.2, 0.25) is 0 Å². The van der Waals surface area contributed by atoms with Gasteiger partial charge in [0.15, 0.2) is 0 Å². The number of halogens is 1. The van der Waals surface area contributed by atoms with E-state index in [1.165, 1.54) is 25.3 Å². The number of methoxy groups -OCH3 is 1. The van der Waals surface area contributed by atoms with Crippen molar-refractivity contribution >= 4 is 31.9 Å². The Kier molecular flexibility index (Phi) is 6.18. The molecule has 0 aliphatic heterocycles. The second kappa shape index (κ2) is 7.24. The average molecular weight is 380 g/mol. The van der Waals surface area contributed by atoms with Crippen LogP contribution in [0.15, 0.2) is 27.6 Å². The highest BCUT2D eigenvalue weighted by Crippen LogP contribution is 2.29. The number of nitrogens with zero attached hydrogens (tertiary/aromatic N) is 1. The first-order valence-electron chi connectivity index (χ1n) is 6.24. The van der Waals surface area contributed by atoms with Crippen LogP contribution in [0.1, 0.15) is 13.8 Å². The molecule has 8 heteroatoms. The molecule has 0 saturated carbocycles. The molecule has 0 aliphatic carbocycles. The van der Waals surface area contributed by atoms with E-state index in [2.05, 4.69) is 15.9 Å². The molecule has 0 aliphatic rings. The Morgan fingerprint density at radius 3 is 2.48 bits per heavy atom. The van der Waals surface area contributed by atoms with E-state index >= 15 is 0 Å². The second-order valence-electron chi connectivity index (χ2n) is 4.88. The molecule has 1 aromatic carbocycles. The summed E-state index contributed by atoms with van der Waals surface area (Å²) < 4.78 is 31.6. The molecule has 21 heavy (non-hydrogen) atoms. The van der Waals surface area contributed by atoms with Crippen LogP contribution >= 0.6 is 15.9 Å². The van der Waals surface area contributed by atoms with Gasteiger partial charge in [-0.25, -0.2) is 8.42 Å². The Hall–Kier alpha value is -1.12. The Morgan fingerprint density at radius 1 is 1.43 bits per heavy atom. The smallest absolute Gasteiger partial charge is 0.318 e. The summed E-state index contributed by atoms with van der Waals surface area (Å²) in [6, 6.07) is 4.32. The van der Waals surface area contributed by atoms with Crippen molar-refractivity contribution in [2.45, 2.75) is 18.7 Å². The lowest BCUT2D eigenvalue weighted by molar-refractivity contribution is -0.137. The summed E-state index contributed by atoms with van der Waals surface area (Å²) in [4.78, 5) is 10.9. The van der Waals surface area contributed by atoms with Gasteiger partial charge in [0.25, 0.3) is 0 Å². The van der Waals surface area contributed by atoms with Crippen LogP contribution in [-0.4, -0.2) is 44.0 Å². The molecule has 0 radical (unpaired) electrons. The van der Waals surface area contributed by atoms with Gasteiger partial charge in [0.2, 0.25) is 10.0 Å². The molecular weight excluding hydrogens is 362 g/mol. The number of benzene rings is 1. The zero-order chi connectivity index (χ0) is 16.2. The van der Waals surface area contributed by atoms with Gasteiger partial charge in [-0.3, -0.25) is 4.79 Å². The van der Waals surface area contributed by atoms with Crippen molar-refractivity contribution in [1.82, 2.24) is 4.31 Å². The second-order valence-corrected chi connectivity index (χ2v) is 7.67. The number of rotatable bonds is 7. The van der Waals surface area contributed by atoms with E-state index in [1.807, 2.05) is 13.8 Å². The van der Waals surface area contributed by atoms with Crippen molar-refractivity contribution in [3.63, 3.8) is 0 Å². The number of aliphatic carboxylic acids is 1. The molecule has 1 N–H and O–H groups in total. The predicted molar refractivity (Wildman–Crippen MR) is 81.9 cm³/mol. The van der Waals surface area contributed by atoms with Crippen molar-refractivity contribution < 1.29 is 23.1 Å². The predicted octanol–water partition coefficient (Wildman–Crippen LogP) is 2.19. The zero-order valence-electron chi connectivity index (χ0n) is 12.0. The van der Waals surface area contributed by atoms with Crippen molar-refractivity contribution in [1.29, 1.82) is 0 Å². The lowest BCUT2D eigenvalue weighted by Crippen LogP contribution is -2.38. The van der Waals surface area contributed by atoms with Crippen molar-refractivity contribution in [3.8, 4) is 5.75 Å². The fraction of sp³-hybridized carbons (Fsp3) is 0.462. The van der Waals surface area contributed by atoms with Gasteiger partial charge >= 0.3 is 5.97 Å². The van der Waals surface area contributed by atoms with E-state index in [0.717, 1.165) is 4.31 Å². The molecule has 1 rings (SSSR count). The number of ether oxygens (including phenoxy) is 1. The molecular formula is C13H18BrNO5S. The molecule has 0 saturated heterocycles. The topological polar surface area (TPSA) is 83.9 Å². The van der Waals surface area contributed by atoms with Crippen LogP contribution in [0.4, 0.5) is 0 Å². The summed E-state index contributed by atoms with van der Waals surface area (Å²) in [5.74, 6) is -0.671. The lowest BCUT2D eigenvalue weighted by atomic mass is 10.2. The van der Waals surface area contributed by atoms with Crippen molar-refractivity contribution in [2.75, 3.05) is 20.2 Å². The van der Waals surface area contributed by atoms with Gasteiger partial charge < -0.3 is 9.84 Å². The maximum Gasteiger partial charge on any atom is 0.318 e. The summed E-state index contributed by atoms with van der Waals surface area (Å²) in [6.45, 7) is 3.23. The maximum atomic E-state index is 12.6. The molecule has 118 valence electrons. The summed E-state index contributed by atoms with van der Waals surface area (Å²) >= 11 is 3.23. The number of carboxylic acid groups (broad SMARTS) is 1. The molecule has 0 heterocycles. The molecule has 1 aromatic rings. The monoisotopic (exact) mass is 379 g/mol. The van der Waals surface area contributed by atoms with Gasteiger partial charge in [0.05, 0.1) is 16.5 Å². The molecule has 0 fully saturated rings. The normalized spacial score (nSPS) is 11.9. The van der Waals surface area contributed by atoms with Gasteiger partial charge in [-0.1, -0.05) is 13.8 Å². The van der Waals surface area contributed by atoms with Crippen LogP contribution in [0.25, 0.3) is 0 Å². The highest BCUT2D eigenvalue weighted by atomic mass is 79.9. The van der Waals surface area contributed by atoms with Crippen molar-refractivity contribution in [3.05, 3.63) is 22.7 Å². The number of hydrogen-bond acceptors (Lipinski definition) is 4. The first-order chi connectivity index (χ1) is 9.68. The van der Waals surface area contributed by atoms with Crippen LogP contribution < -0.4 is 4.74 Å². The minimum atomic E-state index is -3.87. The first kappa shape index (κ1) is 17.9. The van der Waals surface area contributed by atoms with E-state index in [-0.39, 0.29) is 17.4 Å². The van der Waals surface area contributed by atoms with E-state index in [0.29, 0.717) is 10.2 Å². The van der Waals surface area contributed by atoms with Gasteiger partial charge in [-0.2, -0.15) is 4.31 Å². The standard InChI is InChI=1S/C13H18BrNO5S/c1-9(2)7-15(8-13(16)17)21(18,19)10-4-5-12(20-3)11(14)6-10/h4-6,9H,7-8H2,1-3H3,(H,16,17). The molecule has 0 unspecified atom stereocenters. The Labute approximate surface area is 132 Å². The Bertz CT molecular complexity index is 615. The summed E-state index contributed by atoms with van der Waals surface area (Å²) in [5.41, 5.74) is 0. The quantitative estimate of drug-likeness (QED) is 0.784. The van der Waals surface area contributed by atoms with Gasteiger partial charge in [0.1, 0.15) is 12.3 Å². The minimum Gasteiger partial charge on any atom is -0.496 e. The van der Waals surface area contributed by atoms with Crippen LogP contribution in [0.5, 0.6) is 5.75 Å². The maximum absolute atomic E-state index is 12.6. The summed E-state index contributed by atoms with van der Waals surface area (Å²) in [7, 11) is -2.40. The first-order valence-corrected chi connectivity index (χ1v) is 8.47. The fourth-order valence-electron chi connectivity index (χ4n) is 1.76. The summed E-state index contributed by atoms with van der Waals surface area (Å²) in [5, 5.41) is 8.91. The fourth-order valence-corrected chi connectivity index (χ4v) is 4.03. The number of carboxylic acids is 1. The third-order valence-corrected chi connectivity index (χ3v) is 5.07. The van der Waals surface area contributed by atoms with Crippen LogP contribution in [0.3, 0.4) is 0 Å².